The molecule has 0 atom stereocenters. The number of anilines is 2. The van der Waals surface area contributed by atoms with Gasteiger partial charge in [-0.05, 0) is 150 Å². The van der Waals surface area contributed by atoms with Crippen LogP contribution in [0.4, 0.5) is 11.4 Å². The Balaban J connectivity index is 0.000000133. The van der Waals surface area contributed by atoms with Crippen LogP contribution in [0.15, 0.2) is 103 Å². The van der Waals surface area contributed by atoms with Crippen molar-refractivity contribution in [2.75, 3.05) is 50.7 Å². The Hall–Kier alpha value is -6.62. The zero-order valence-corrected chi connectivity index (χ0v) is 41.6. The Bertz CT molecular complexity index is 3310. The van der Waals surface area contributed by atoms with Crippen LogP contribution in [-0.4, -0.2) is 89.4 Å². The van der Waals surface area contributed by atoms with Crippen LogP contribution in [0, 0.1) is 20.8 Å². The molecule has 3 saturated heterocycles. The number of para-hydroxylation sites is 4. The van der Waals surface area contributed by atoms with Crippen LogP contribution in [-0.2, 0) is 14.2 Å². The number of hydrogen-bond donors (Lipinski definition) is 3. The summed E-state index contributed by atoms with van der Waals surface area (Å²) in [7, 11) is 0. The van der Waals surface area contributed by atoms with E-state index >= 15 is 0 Å². The van der Waals surface area contributed by atoms with Crippen molar-refractivity contribution in [3.63, 3.8) is 0 Å². The van der Waals surface area contributed by atoms with Crippen molar-refractivity contribution in [1.29, 1.82) is 0 Å². The summed E-state index contributed by atoms with van der Waals surface area (Å²) in [5.74, 6) is 3.71. The van der Waals surface area contributed by atoms with Crippen LogP contribution in [0.1, 0.15) is 94.8 Å². The number of halogens is 2. The zero-order valence-electron chi connectivity index (χ0n) is 40.1. The number of rotatable bonds is 7. The topological polar surface area (TPSA) is 182 Å². The number of benzene rings is 5. The van der Waals surface area contributed by atoms with Gasteiger partial charge >= 0.3 is 0 Å². The minimum Gasteiger partial charge on any atom is -0.397 e. The highest BCUT2D eigenvalue weighted by Gasteiger charge is 2.24. The second-order valence-electron chi connectivity index (χ2n) is 18.1. The standard InChI is InChI=1S/C20H22N4O2.C20H20N4O.C14H15ClN2O2.ClH/c1-13-22-18-12-14(20(25)23-17-5-3-2-4-16(17)21)6-7-19(18)24(13)15-8-10-26-11-9-15;1-13-21-18-12-14(20-22-16-4-2-3-5-17(16)23-20)6-7-19(18)24(13)15-8-10-25-11-9-15;1-9-16-12-8-10(14(15)18)2-3-13(12)17(9)11-4-6-19-7-5-11;/h2-7,12,15H,8-11,21H2,1H3,(H,23,25);2-7,12,15H,8-11H2,1H3,(H,22,23);2-3,8,11H,4-7H2,1H3;1H. The molecular weight excluding hydrogens is 940 g/mol. The number of aromatic amines is 1. The number of nitrogens with two attached hydrogens (primary N) is 1. The maximum Gasteiger partial charge on any atom is 0.255 e. The largest absolute Gasteiger partial charge is 0.397 e. The minimum atomic E-state index is -0.444. The molecule has 0 aliphatic carbocycles. The van der Waals surface area contributed by atoms with Gasteiger partial charge in [-0.15, -0.1) is 12.4 Å². The first kappa shape index (κ1) is 49.4. The van der Waals surface area contributed by atoms with Gasteiger partial charge in [0.2, 0.25) is 0 Å². The van der Waals surface area contributed by atoms with E-state index in [0.717, 1.165) is 146 Å². The molecule has 0 saturated carbocycles. The third-order valence-electron chi connectivity index (χ3n) is 13.6. The Morgan fingerprint density at radius 3 is 1.54 bits per heavy atom. The van der Waals surface area contributed by atoms with Crippen LogP contribution in [0.25, 0.3) is 55.5 Å². The zero-order chi connectivity index (χ0) is 48.3. The molecule has 0 radical (unpaired) electrons. The van der Waals surface area contributed by atoms with Crippen molar-refractivity contribution in [3.05, 3.63) is 132 Å². The van der Waals surface area contributed by atoms with Gasteiger partial charge in [0.1, 0.15) is 23.3 Å². The summed E-state index contributed by atoms with van der Waals surface area (Å²) in [6.07, 6.45) is 6.09. The summed E-state index contributed by atoms with van der Waals surface area (Å²) in [5, 5.41) is 2.42. The van der Waals surface area contributed by atoms with Crippen molar-refractivity contribution in [2.45, 2.75) is 77.4 Å². The summed E-state index contributed by atoms with van der Waals surface area (Å²) < 4.78 is 23.3. The molecule has 4 N–H and O–H groups in total. The number of carbonyl (C=O) groups excluding carboxylic acids is 2. The lowest BCUT2D eigenvalue weighted by atomic mass is 10.1. The van der Waals surface area contributed by atoms with E-state index < -0.39 is 5.24 Å². The summed E-state index contributed by atoms with van der Waals surface area (Å²) in [5.41, 5.74) is 17.2. The number of nitrogens with one attached hydrogen (secondary N) is 2. The van der Waals surface area contributed by atoms with E-state index in [1.807, 2.05) is 74.5 Å². The minimum absolute atomic E-state index is 0. The van der Waals surface area contributed by atoms with E-state index in [-0.39, 0.29) is 18.3 Å². The first-order valence-corrected chi connectivity index (χ1v) is 24.5. The SMILES string of the molecule is Cc1nc2cc(-c3nc4ccccc4[nH]3)ccc2n1C1CCOCC1.Cc1nc2cc(C(=O)Cl)ccc2n1C1CCOCC1.Cc1nc2cc(C(=O)Nc3ccccc3N)ccc2n1C1CCOCC1.Cl. The van der Waals surface area contributed by atoms with Gasteiger partial charge in [0.25, 0.3) is 11.1 Å². The second-order valence-corrected chi connectivity index (χ2v) is 18.5. The van der Waals surface area contributed by atoms with Crippen molar-refractivity contribution >= 4 is 90.7 Å². The molecule has 3 aliphatic heterocycles. The van der Waals surface area contributed by atoms with Crippen LogP contribution in [0.2, 0.25) is 0 Å². The molecule has 4 aromatic heterocycles. The highest BCUT2D eigenvalue weighted by Crippen LogP contribution is 2.33. The number of ether oxygens (including phenoxy) is 3. The maximum atomic E-state index is 12.6. The molecule has 1 amide bonds. The number of nitrogens with zero attached hydrogens (tertiary/aromatic N) is 7. The molecule has 0 unspecified atom stereocenters. The van der Waals surface area contributed by atoms with Gasteiger partial charge in [0.05, 0.1) is 55.5 Å². The lowest BCUT2D eigenvalue weighted by Crippen LogP contribution is -2.20. The third kappa shape index (κ3) is 10.6. The maximum absolute atomic E-state index is 12.6. The van der Waals surface area contributed by atoms with Crippen LogP contribution in [0.5, 0.6) is 0 Å². The number of aromatic nitrogens is 8. The molecule has 368 valence electrons. The molecule has 15 nitrogen and oxygen atoms in total. The Kier molecular flexibility index (Phi) is 15.2. The number of nitrogen functional groups attached to an aromatic ring is 1. The first-order chi connectivity index (χ1) is 34.1. The molecule has 71 heavy (non-hydrogen) atoms. The molecular formula is C54H58Cl2N10O5. The normalized spacial score (nSPS) is 15.8. The van der Waals surface area contributed by atoms with Gasteiger partial charge in [0.15, 0.2) is 0 Å². The molecule has 5 aromatic carbocycles. The Morgan fingerprint density at radius 1 is 0.577 bits per heavy atom. The highest BCUT2D eigenvalue weighted by molar-refractivity contribution is 6.67. The first-order valence-electron chi connectivity index (χ1n) is 24.1. The van der Waals surface area contributed by atoms with E-state index in [1.165, 1.54) is 5.52 Å². The Labute approximate surface area is 422 Å². The summed E-state index contributed by atoms with van der Waals surface area (Å²) in [4.78, 5) is 45.9. The fourth-order valence-corrected chi connectivity index (χ4v) is 10.3. The van der Waals surface area contributed by atoms with Crippen molar-refractivity contribution in [2.24, 2.45) is 0 Å². The lowest BCUT2D eigenvalue weighted by Gasteiger charge is -2.25. The predicted molar refractivity (Wildman–Crippen MR) is 282 cm³/mol. The molecule has 3 aliphatic rings. The van der Waals surface area contributed by atoms with Gasteiger partial charge in [-0.2, -0.15) is 0 Å². The van der Waals surface area contributed by atoms with Gasteiger partial charge < -0.3 is 43.9 Å². The highest BCUT2D eigenvalue weighted by atomic mass is 35.5. The molecule has 17 heteroatoms. The monoisotopic (exact) mass is 996 g/mol. The van der Waals surface area contributed by atoms with Gasteiger partial charge in [-0.3, -0.25) is 9.59 Å². The van der Waals surface area contributed by atoms with Gasteiger partial charge in [-0.25, -0.2) is 19.9 Å². The van der Waals surface area contributed by atoms with Crippen LogP contribution in [0.3, 0.4) is 0 Å². The summed E-state index contributed by atoms with van der Waals surface area (Å²) in [6.45, 7) is 10.9. The predicted octanol–water partition coefficient (Wildman–Crippen LogP) is 11.3. The average molecular weight is 998 g/mol. The second kappa shape index (κ2) is 21.8. The van der Waals surface area contributed by atoms with Crippen molar-refractivity contribution in [1.82, 2.24) is 38.6 Å². The van der Waals surface area contributed by atoms with Gasteiger partial charge in [-0.1, -0.05) is 24.3 Å². The molecule has 7 heterocycles. The third-order valence-corrected chi connectivity index (χ3v) is 13.8. The van der Waals surface area contributed by atoms with E-state index in [0.29, 0.717) is 40.6 Å². The molecule has 9 aromatic rings. The smallest absolute Gasteiger partial charge is 0.255 e. The average Bonchev–Trinajstić information content (AvgIpc) is 4.15. The summed E-state index contributed by atoms with van der Waals surface area (Å²) >= 11 is 5.51. The van der Waals surface area contributed by atoms with Crippen LogP contribution < -0.4 is 11.1 Å². The number of hydrogen-bond acceptors (Lipinski definition) is 10. The number of aryl methyl sites for hydroxylation is 3. The van der Waals surface area contributed by atoms with E-state index in [1.54, 1.807) is 24.3 Å². The lowest BCUT2D eigenvalue weighted by molar-refractivity contribution is 0.0699. The van der Waals surface area contributed by atoms with E-state index in [2.05, 4.69) is 59.1 Å². The van der Waals surface area contributed by atoms with E-state index in [9.17, 15) is 9.59 Å². The van der Waals surface area contributed by atoms with Gasteiger partial charge in [0, 0.05) is 74.5 Å². The number of amides is 1. The van der Waals surface area contributed by atoms with Crippen LogP contribution >= 0.6 is 24.0 Å². The number of imidazole rings is 4. The Morgan fingerprint density at radius 2 is 1.03 bits per heavy atom. The fraction of sp³-hybridized carbons (Fsp3) is 0.333. The summed E-state index contributed by atoms with van der Waals surface area (Å²) in [6, 6.07) is 34.2. The molecule has 12 rings (SSSR count). The molecule has 0 spiro atoms. The van der Waals surface area contributed by atoms with Crippen molar-refractivity contribution < 1.29 is 23.8 Å². The van der Waals surface area contributed by atoms with E-state index in [4.69, 9.17) is 41.5 Å². The fourth-order valence-electron chi connectivity index (χ4n) is 10.2. The molecule has 0 bridgehead atoms. The molecule has 3 fully saturated rings. The number of fused-ring (bicyclic) bond motifs is 4. The van der Waals surface area contributed by atoms with Crippen molar-refractivity contribution in [3.8, 4) is 11.4 Å². The number of H-pyrrole nitrogens is 1. The number of carbonyl (C=O) groups is 2. The quantitative estimate of drug-likeness (QED) is 0.103.